The van der Waals surface area contributed by atoms with E-state index in [4.69, 9.17) is 0 Å². The van der Waals surface area contributed by atoms with Gasteiger partial charge in [0, 0.05) is 51.3 Å². The molecule has 2 aromatic rings. The molecule has 1 aromatic carbocycles. The molecular formula is C34H50FN7O4. The van der Waals surface area contributed by atoms with Gasteiger partial charge in [0.25, 0.3) is 5.91 Å². The first kappa shape index (κ1) is 35.1. The van der Waals surface area contributed by atoms with Gasteiger partial charge in [-0.05, 0) is 74.8 Å². The number of halogens is 1. The van der Waals surface area contributed by atoms with Crippen LogP contribution < -0.4 is 16.0 Å². The average Bonchev–Trinajstić information content (AvgIpc) is 3.52. The Morgan fingerprint density at radius 1 is 1.02 bits per heavy atom. The number of aryl methyl sites for hydroxylation is 1. The van der Waals surface area contributed by atoms with E-state index < -0.39 is 35.6 Å². The smallest absolute Gasteiger partial charge is 0.270 e. The highest BCUT2D eigenvalue weighted by molar-refractivity contribution is 6.00. The molecule has 2 fully saturated rings. The number of amides is 4. The molecule has 1 aliphatic heterocycles. The SMILES string of the molecule is CCC(=O)N[C@@H](C(=O)N1CCN(C)CC1)[C@@H](C)c1ccc(NC(=O)[C@@H](NC(=O)c2ccnn2CC)C2CCC(C)(C)CC2)c(F)c1. The van der Waals surface area contributed by atoms with E-state index in [9.17, 15) is 19.2 Å². The Kier molecular flexibility index (Phi) is 11.6. The number of carbonyl (C=O) groups is 4. The summed E-state index contributed by atoms with van der Waals surface area (Å²) in [6.45, 7) is 12.9. The molecule has 0 spiro atoms. The minimum absolute atomic E-state index is 0.0190. The maximum Gasteiger partial charge on any atom is 0.270 e. The summed E-state index contributed by atoms with van der Waals surface area (Å²) in [5.41, 5.74) is 1.01. The number of nitrogens with one attached hydrogen (secondary N) is 3. The van der Waals surface area contributed by atoms with Crippen molar-refractivity contribution in [2.45, 2.75) is 91.3 Å². The summed E-state index contributed by atoms with van der Waals surface area (Å²) in [6, 6.07) is 4.34. The van der Waals surface area contributed by atoms with Crippen LogP contribution in [0.3, 0.4) is 0 Å². The van der Waals surface area contributed by atoms with Crippen molar-refractivity contribution in [3.05, 3.63) is 47.5 Å². The van der Waals surface area contributed by atoms with Crippen molar-refractivity contribution in [2.24, 2.45) is 11.3 Å². The number of likely N-dealkylation sites (N-methyl/N-ethyl adjacent to an activating group) is 1. The summed E-state index contributed by atoms with van der Waals surface area (Å²) in [7, 11) is 2.00. The lowest BCUT2D eigenvalue weighted by molar-refractivity contribution is -0.138. The van der Waals surface area contributed by atoms with E-state index in [1.165, 1.54) is 12.1 Å². The minimum Gasteiger partial charge on any atom is -0.344 e. The van der Waals surface area contributed by atoms with Gasteiger partial charge in [-0.2, -0.15) is 5.10 Å². The molecule has 1 aliphatic carbocycles. The van der Waals surface area contributed by atoms with E-state index in [0.717, 1.165) is 38.8 Å². The number of benzene rings is 1. The Hall–Kier alpha value is -3.80. The van der Waals surface area contributed by atoms with E-state index in [1.54, 1.807) is 41.8 Å². The van der Waals surface area contributed by atoms with Gasteiger partial charge < -0.3 is 25.8 Å². The Balaban J connectivity index is 1.52. The third kappa shape index (κ3) is 8.51. The first-order valence-corrected chi connectivity index (χ1v) is 16.5. The number of nitrogens with zero attached hydrogens (tertiary/aromatic N) is 4. The molecule has 2 aliphatic rings. The van der Waals surface area contributed by atoms with E-state index in [1.807, 2.05) is 14.0 Å². The fraction of sp³-hybridized carbons (Fsp3) is 0.618. The predicted molar refractivity (Wildman–Crippen MR) is 175 cm³/mol. The molecule has 12 heteroatoms. The summed E-state index contributed by atoms with van der Waals surface area (Å²) in [5, 5.41) is 12.7. The lowest BCUT2D eigenvalue weighted by Gasteiger charge is -2.37. The molecule has 46 heavy (non-hydrogen) atoms. The molecule has 11 nitrogen and oxygen atoms in total. The normalized spacial score (nSPS) is 19.2. The van der Waals surface area contributed by atoms with Crippen LogP contribution in [-0.4, -0.2) is 88.5 Å². The first-order chi connectivity index (χ1) is 21.8. The van der Waals surface area contributed by atoms with Crippen molar-refractivity contribution in [3.63, 3.8) is 0 Å². The summed E-state index contributed by atoms with van der Waals surface area (Å²) < 4.78 is 17.2. The zero-order chi connectivity index (χ0) is 33.6. The topological polar surface area (TPSA) is 129 Å². The zero-order valence-electron chi connectivity index (χ0n) is 28.1. The van der Waals surface area contributed by atoms with Crippen LogP contribution in [0.15, 0.2) is 30.5 Å². The van der Waals surface area contributed by atoms with E-state index in [-0.39, 0.29) is 35.3 Å². The van der Waals surface area contributed by atoms with Crippen LogP contribution in [-0.2, 0) is 20.9 Å². The number of carbonyl (C=O) groups excluding carboxylic acids is 4. The van der Waals surface area contributed by atoms with Crippen LogP contribution in [0.1, 0.15) is 88.7 Å². The summed E-state index contributed by atoms with van der Waals surface area (Å²) in [4.78, 5) is 56.9. The first-order valence-electron chi connectivity index (χ1n) is 16.5. The Bertz CT molecular complexity index is 1390. The van der Waals surface area contributed by atoms with Gasteiger partial charge in [0.15, 0.2) is 0 Å². The molecule has 0 unspecified atom stereocenters. The van der Waals surface area contributed by atoms with Crippen LogP contribution in [0.25, 0.3) is 0 Å². The van der Waals surface area contributed by atoms with Crippen LogP contribution in [0.5, 0.6) is 0 Å². The largest absolute Gasteiger partial charge is 0.344 e. The molecule has 3 N–H and O–H groups in total. The Morgan fingerprint density at radius 2 is 1.70 bits per heavy atom. The van der Waals surface area contributed by atoms with Gasteiger partial charge in [-0.3, -0.25) is 23.9 Å². The lowest BCUT2D eigenvalue weighted by Crippen LogP contribution is -2.55. The van der Waals surface area contributed by atoms with Gasteiger partial charge in [0.1, 0.15) is 23.6 Å². The van der Waals surface area contributed by atoms with Gasteiger partial charge in [-0.1, -0.05) is 33.8 Å². The number of piperazine rings is 1. The van der Waals surface area contributed by atoms with Crippen LogP contribution in [0, 0.1) is 17.2 Å². The molecule has 3 atom stereocenters. The zero-order valence-corrected chi connectivity index (χ0v) is 28.1. The van der Waals surface area contributed by atoms with Gasteiger partial charge in [0.05, 0.1) is 5.69 Å². The van der Waals surface area contributed by atoms with Crippen LogP contribution in [0.4, 0.5) is 10.1 Å². The molecule has 0 radical (unpaired) electrons. The van der Waals surface area contributed by atoms with Gasteiger partial charge >= 0.3 is 0 Å². The van der Waals surface area contributed by atoms with Gasteiger partial charge in [-0.25, -0.2) is 4.39 Å². The van der Waals surface area contributed by atoms with E-state index in [0.29, 0.717) is 30.9 Å². The molecule has 4 rings (SSSR count). The maximum absolute atomic E-state index is 15.7. The van der Waals surface area contributed by atoms with E-state index in [2.05, 4.69) is 39.8 Å². The Morgan fingerprint density at radius 3 is 2.30 bits per heavy atom. The summed E-state index contributed by atoms with van der Waals surface area (Å²) in [5.74, 6) is -2.64. The quantitative estimate of drug-likeness (QED) is 0.344. The molecule has 1 saturated heterocycles. The van der Waals surface area contributed by atoms with Gasteiger partial charge in [-0.15, -0.1) is 0 Å². The number of hydrogen-bond donors (Lipinski definition) is 3. The van der Waals surface area contributed by atoms with Crippen molar-refractivity contribution in [1.82, 2.24) is 30.2 Å². The summed E-state index contributed by atoms with van der Waals surface area (Å²) in [6.07, 6.45) is 5.09. The van der Waals surface area contributed by atoms with Crippen molar-refractivity contribution in [1.29, 1.82) is 0 Å². The van der Waals surface area contributed by atoms with Crippen LogP contribution in [0.2, 0.25) is 0 Å². The standard InChI is InChI=1S/C34H50FN7O4/c1-7-28(43)38-29(33(46)41-19-17-40(6)18-20-41)22(3)24-9-10-26(25(35)21-24)37-32(45)30(23-11-14-34(4,5)15-12-23)39-31(44)27-13-16-36-42(27)8-2/h9-10,13,16,21-23,29-30H,7-8,11-12,14-15,17-20H2,1-6H3,(H,37,45)(H,38,43)(H,39,44)/t22-,29+,30-/m0/s1. The van der Waals surface area contributed by atoms with Crippen molar-refractivity contribution in [3.8, 4) is 0 Å². The average molecular weight is 640 g/mol. The lowest BCUT2D eigenvalue weighted by atomic mass is 9.71. The summed E-state index contributed by atoms with van der Waals surface area (Å²) >= 11 is 0. The number of rotatable bonds is 11. The fourth-order valence-corrected chi connectivity index (χ4v) is 6.36. The number of anilines is 1. The third-order valence-electron chi connectivity index (χ3n) is 9.67. The third-order valence-corrected chi connectivity index (χ3v) is 9.67. The van der Waals surface area contributed by atoms with Crippen molar-refractivity contribution < 1.29 is 23.6 Å². The predicted octanol–water partition coefficient (Wildman–Crippen LogP) is 3.77. The van der Waals surface area contributed by atoms with Crippen molar-refractivity contribution in [2.75, 3.05) is 38.5 Å². The van der Waals surface area contributed by atoms with E-state index >= 15 is 4.39 Å². The molecule has 0 bridgehead atoms. The second kappa shape index (κ2) is 15.2. The highest BCUT2D eigenvalue weighted by Crippen LogP contribution is 2.39. The highest BCUT2D eigenvalue weighted by atomic mass is 19.1. The molecule has 4 amide bonds. The monoisotopic (exact) mass is 639 g/mol. The number of hydrogen-bond acceptors (Lipinski definition) is 6. The Labute approximate surface area is 271 Å². The molecular weight excluding hydrogens is 589 g/mol. The molecule has 1 saturated carbocycles. The van der Waals surface area contributed by atoms with Gasteiger partial charge in [0.2, 0.25) is 17.7 Å². The van der Waals surface area contributed by atoms with Crippen LogP contribution >= 0.6 is 0 Å². The maximum atomic E-state index is 15.7. The fourth-order valence-electron chi connectivity index (χ4n) is 6.36. The van der Waals surface area contributed by atoms with Crippen molar-refractivity contribution >= 4 is 29.3 Å². The second-order valence-corrected chi connectivity index (χ2v) is 13.5. The minimum atomic E-state index is -0.864. The highest BCUT2D eigenvalue weighted by Gasteiger charge is 2.37. The molecule has 1 aromatic heterocycles. The second-order valence-electron chi connectivity index (χ2n) is 13.5. The molecule has 2 heterocycles. The number of aromatic nitrogens is 2. The molecule has 252 valence electrons.